The van der Waals surface area contributed by atoms with Crippen molar-refractivity contribution in [2.24, 2.45) is 0 Å². The van der Waals surface area contributed by atoms with Crippen molar-refractivity contribution in [3.63, 3.8) is 0 Å². The molecule has 0 aromatic heterocycles. The highest BCUT2D eigenvalue weighted by atomic mass is 16.5. The summed E-state index contributed by atoms with van der Waals surface area (Å²) < 4.78 is 10.9. The fourth-order valence-electron chi connectivity index (χ4n) is 3.16. The Balaban J connectivity index is 1.63. The Morgan fingerprint density at radius 3 is 2.58 bits per heavy atom. The van der Waals surface area contributed by atoms with Crippen LogP contribution in [0, 0.1) is 0 Å². The molecule has 1 aliphatic rings. The quantitative estimate of drug-likeness (QED) is 0.859. The highest BCUT2D eigenvalue weighted by Gasteiger charge is 2.29. The van der Waals surface area contributed by atoms with E-state index in [9.17, 15) is 4.79 Å². The second-order valence-corrected chi connectivity index (χ2v) is 6.06. The van der Waals surface area contributed by atoms with Gasteiger partial charge in [-0.3, -0.25) is 4.79 Å². The zero-order valence-electron chi connectivity index (χ0n) is 13.9. The Morgan fingerprint density at radius 2 is 1.88 bits per heavy atom. The van der Waals surface area contributed by atoms with E-state index in [4.69, 9.17) is 9.47 Å². The molecule has 1 N–H and O–H groups in total. The third-order valence-corrected chi connectivity index (χ3v) is 4.44. The lowest BCUT2D eigenvalue weighted by Gasteiger charge is -2.32. The molecule has 1 saturated heterocycles. The van der Waals surface area contributed by atoms with Gasteiger partial charge in [-0.1, -0.05) is 42.5 Å². The van der Waals surface area contributed by atoms with Crippen molar-refractivity contribution in [3.8, 4) is 5.75 Å². The fourth-order valence-corrected chi connectivity index (χ4v) is 3.16. The van der Waals surface area contributed by atoms with Gasteiger partial charge < -0.3 is 14.8 Å². The summed E-state index contributed by atoms with van der Waals surface area (Å²) in [7, 11) is 1.63. The van der Waals surface area contributed by atoms with Gasteiger partial charge in [0, 0.05) is 12.5 Å². The van der Waals surface area contributed by atoms with Crippen molar-refractivity contribution in [3.05, 3.63) is 65.7 Å². The number of benzene rings is 2. The summed E-state index contributed by atoms with van der Waals surface area (Å²) in [4.78, 5) is 12.3. The number of carbonyl (C=O) groups is 1. The van der Waals surface area contributed by atoms with Gasteiger partial charge in [-0.25, -0.2) is 0 Å². The molecule has 4 heteroatoms. The second-order valence-electron chi connectivity index (χ2n) is 6.06. The maximum absolute atomic E-state index is 12.3. The van der Waals surface area contributed by atoms with E-state index in [1.54, 1.807) is 7.11 Å². The smallest absolute Gasteiger partial charge is 0.310 e. The fraction of sp³-hybridized carbons (Fsp3) is 0.350. The summed E-state index contributed by atoms with van der Waals surface area (Å²) >= 11 is 0. The molecule has 1 heterocycles. The van der Waals surface area contributed by atoms with Gasteiger partial charge in [0.2, 0.25) is 0 Å². The molecule has 3 rings (SSSR count). The van der Waals surface area contributed by atoms with Gasteiger partial charge in [0.05, 0.1) is 13.5 Å². The molecule has 0 spiro atoms. The molecule has 24 heavy (non-hydrogen) atoms. The number of hydrogen-bond donors (Lipinski definition) is 1. The number of ether oxygens (including phenoxy) is 2. The monoisotopic (exact) mass is 325 g/mol. The minimum atomic E-state index is -0.185. The van der Waals surface area contributed by atoms with Crippen LogP contribution in [0.2, 0.25) is 0 Å². The van der Waals surface area contributed by atoms with Gasteiger partial charge in [-0.05, 0) is 36.2 Å². The van der Waals surface area contributed by atoms with E-state index in [0.29, 0.717) is 6.54 Å². The molecule has 0 bridgehead atoms. The first-order chi connectivity index (χ1) is 11.8. The first-order valence-corrected chi connectivity index (χ1v) is 8.34. The van der Waals surface area contributed by atoms with Crippen LogP contribution in [-0.2, 0) is 16.0 Å². The Kier molecular flexibility index (Phi) is 5.49. The molecule has 1 aliphatic heterocycles. The average molecular weight is 325 g/mol. The molecule has 0 saturated carbocycles. The van der Waals surface area contributed by atoms with Gasteiger partial charge in [0.25, 0.3) is 0 Å². The van der Waals surface area contributed by atoms with Crippen LogP contribution in [0.1, 0.15) is 23.5 Å². The van der Waals surface area contributed by atoms with Gasteiger partial charge in [-0.2, -0.15) is 0 Å². The van der Waals surface area contributed by atoms with Crippen LogP contribution < -0.4 is 10.1 Å². The van der Waals surface area contributed by atoms with Crippen molar-refractivity contribution >= 4 is 5.97 Å². The number of esters is 1. The van der Waals surface area contributed by atoms with Crippen LogP contribution in [0.4, 0.5) is 0 Å². The summed E-state index contributed by atoms with van der Waals surface area (Å²) in [5.41, 5.74) is 2.17. The molecule has 2 aromatic rings. The molecule has 0 aliphatic carbocycles. The van der Waals surface area contributed by atoms with Crippen molar-refractivity contribution < 1.29 is 14.3 Å². The van der Waals surface area contributed by atoms with Gasteiger partial charge >= 0.3 is 5.97 Å². The minimum Gasteiger partial charge on any atom is -0.497 e. The molecule has 126 valence electrons. The largest absolute Gasteiger partial charge is 0.497 e. The molecule has 1 fully saturated rings. The van der Waals surface area contributed by atoms with Crippen molar-refractivity contribution in [2.75, 3.05) is 20.2 Å². The van der Waals surface area contributed by atoms with Crippen molar-refractivity contribution in [2.45, 2.75) is 24.9 Å². The lowest BCUT2D eigenvalue weighted by atomic mass is 9.88. The number of carbonyl (C=O) groups excluding carboxylic acids is 1. The van der Waals surface area contributed by atoms with Crippen LogP contribution in [-0.4, -0.2) is 32.3 Å². The highest BCUT2D eigenvalue weighted by Crippen LogP contribution is 2.27. The zero-order valence-corrected chi connectivity index (χ0v) is 13.9. The van der Waals surface area contributed by atoms with Gasteiger partial charge in [0.15, 0.2) is 0 Å². The maximum Gasteiger partial charge on any atom is 0.310 e. The molecular formula is C20H23NO3. The molecular weight excluding hydrogens is 302 g/mol. The topological polar surface area (TPSA) is 47.6 Å². The summed E-state index contributed by atoms with van der Waals surface area (Å²) in [6.45, 7) is 1.65. The Hall–Kier alpha value is -2.33. The van der Waals surface area contributed by atoms with Gasteiger partial charge in [0.1, 0.15) is 11.9 Å². The minimum absolute atomic E-state index is 0.119. The van der Waals surface area contributed by atoms with Gasteiger partial charge in [-0.15, -0.1) is 0 Å². The van der Waals surface area contributed by atoms with Crippen LogP contribution in [0.3, 0.4) is 0 Å². The van der Waals surface area contributed by atoms with Crippen LogP contribution >= 0.6 is 0 Å². The highest BCUT2D eigenvalue weighted by molar-refractivity contribution is 5.73. The van der Waals surface area contributed by atoms with E-state index in [2.05, 4.69) is 17.4 Å². The number of piperidine rings is 1. The lowest BCUT2D eigenvalue weighted by molar-refractivity contribution is -0.150. The standard InChI is InChI=1S/C20H23NO3/c1-23-17-9-7-15(8-10-17)13-20(22)24-19-14-21-12-11-18(19)16-5-3-2-4-6-16/h2-10,18-19,21H,11-14H2,1H3/t18-,19?/m1/s1. The van der Waals surface area contributed by atoms with Crippen molar-refractivity contribution in [1.82, 2.24) is 5.32 Å². The molecule has 0 radical (unpaired) electrons. The van der Waals surface area contributed by atoms with E-state index in [1.807, 2.05) is 42.5 Å². The van der Waals surface area contributed by atoms with E-state index >= 15 is 0 Å². The lowest BCUT2D eigenvalue weighted by Crippen LogP contribution is -2.42. The molecule has 2 aromatic carbocycles. The number of methoxy groups -OCH3 is 1. The molecule has 2 atom stereocenters. The van der Waals surface area contributed by atoms with Crippen LogP contribution in [0.15, 0.2) is 54.6 Å². The number of nitrogens with one attached hydrogen (secondary N) is 1. The van der Waals surface area contributed by atoms with E-state index in [0.717, 1.165) is 24.3 Å². The van der Waals surface area contributed by atoms with Crippen molar-refractivity contribution in [1.29, 1.82) is 0 Å². The Bertz CT molecular complexity index is 654. The Labute approximate surface area is 142 Å². The SMILES string of the molecule is COc1ccc(CC(=O)OC2CNCC[C@@H]2c2ccccc2)cc1. The third kappa shape index (κ3) is 4.15. The summed E-state index contributed by atoms with van der Waals surface area (Å²) in [5.74, 6) is 0.856. The second kappa shape index (κ2) is 7.97. The molecule has 1 unspecified atom stereocenters. The predicted octanol–water partition coefficient (Wildman–Crippen LogP) is 2.93. The average Bonchev–Trinajstić information content (AvgIpc) is 2.63. The molecule has 0 amide bonds. The van der Waals surface area contributed by atoms with E-state index in [-0.39, 0.29) is 24.4 Å². The summed E-state index contributed by atoms with van der Waals surface area (Å²) in [6, 6.07) is 17.8. The Morgan fingerprint density at radius 1 is 1.12 bits per heavy atom. The maximum atomic E-state index is 12.3. The third-order valence-electron chi connectivity index (χ3n) is 4.44. The molecule has 4 nitrogen and oxygen atoms in total. The number of rotatable bonds is 5. The summed E-state index contributed by atoms with van der Waals surface area (Å²) in [5, 5.41) is 3.33. The first-order valence-electron chi connectivity index (χ1n) is 8.34. The summed E-state index contributed by atoms with van der Waals surface area (Å²) in [6.07, 6.45) is 1.14. The predicted molar refractivity (Wildman–Crippen MR) is 93.2 cm³/mol. The number of hydrogen-bond acceptors (Lipinski definition) is 4. The van der Waals surface area contributed by atoms with Crippen LogP contribution in [0.5, 0.6) is 5.75 Å². The zero-order chi connectivity index (χ0) is 16.8. The van der Waals surface area contributed by atoms with E-state index in [1.165, 1.54) is 5.56 Å². The normalized spacial score (nSPS) is 20.4. The van der Waals surface area contributed by atoms with E-state index < -0.39 is 0 Å². The van der Waals surface area contributed by atoms with Crippen LogP contribution in [0.25, 0.3) is 0 Å². The first kappa shape index (κ1) is 16.5.